The van der Waals surface area contributed by atoms with Gasteiger partial charge in [-0.3, -0.25) is 0 Å². The highest BCUT2D eigenvalue weighted by Gasteiger charge is 2.20. The lowest BCUT2D eigenvalue weighted by Gasteiger charge is -2.25. The number of rotatable bonds is 4. The molecule has 0 saturated heterocycles. The first kappa shape index (κ1) is 12.6. The van der Waals surface area contributed by atoms with Gasteiger partial charge in [-0.05, 0) is 32.2 Å². The smallest absolute Gasteiger partial charge is 0.0245 e. The molecule has 0 aromatic rings. The van der Waals surface area contributed by atoms with Crippen LogP contribution in [0, 0.1) is 17.8 Å². The maximum absolute atomic E-state index is 3.61. The minimum Gasteiger partial charge on any atom is -0.313 e. The molecule has 86 valence electrons. The van der Waals surface area contributed by atoms with Crippen molar-refractivity contribution in [2.24, 2.45) is 5.92 Å². The summed E-state index contributed by atoms with van der Waals surface area (Å²) in [7, 11) is 0. The van der Waals surface area contributed by atoms with Gasteiger partial charge in [-0.2, -0.15) is 0 Å². The molecule has 1 aliphatic carbocycles. The first-order valence-electron chi connectivity index (χ1n) is 6.51. The van der Waals surface area contributed by atoms with E-state index >= 15 is 0 Å². The Morgan fingerprint density at radius 3 is 2.40 bits per heavy atom. The van der Waals surface area contributed by atoms with E-state index in [1.165, 1.54) is 38.5 Å². The fourth-order valence-corrected chi connectivity index (χ4v) is 2.59. The van der Waals surface area contributed by atoms with Gasteiger partial charge in [-0.1, -0.05) is 32.6 Å². The Hall–Kier alpha value is -0.480. The third-order valence-corrected chi connectivity index (χ3v) is 3.43. The monoisotopic (exact) mass is 207 g/mol. The zero-order valence-electron chi connectivity index (χ0n) is 10.3. The van der Waals surface area contributed by atoms with Gasteiger partial charge < -0.3 is 5.32 Å². The van der Waals surface area contributed by atoms with Gasteiger partial charge in [0.1, 0.15) is 0 Å². The first-order valence-corrected chi connectivity index (χ1v) is 6.51. The van der Waals surface area contributed by atoms with E-state index in [2.05, 4.69) is 24.1 Å². The van der Waals surface area contributed by atoms with Gasteiger partial charge in [-0.15, -0.1) is 11.8 Å². The van der Waals surface area contributed by atoms with Crippen molar-refractivity contribution in [1.82, 2.24) is 5.32 Å². The van der Waals surface area contributed by atoms with Crippen molar-refractivity contribution in [2.45, 2.75) is 64.8 Å². The summed E-state index contributed by atoms with van der Waals surface area (Å²) in [4.78, 5) is 0. The second-order valence-corrected chi connectivity index (χ2v) is 4.55. The van der Waals surface area contributed by atoms with Crippen molar-refractivity contribution in [3.8, 4) is 11.8 Å². The van der Waals surface area contributed by atoms with Gasteiger partial charge in [0.25, 0.3) is 0 Å². The van der Waals surface area contributed by atoms with Crippen LogP contribution in [0.15, 0.2) is 0 Å². The van der Waals surface area contributed by atoms with Crippen LogP contribution in [0.1, 0.15) is 58.8 Å². The van der Waals surface area contributed by atoms with E-state index in [9.17, 15) is 0 Å². The average Bonchev–Trinajstić information content (AvgIpc) is 2.52. The first-order chi connectivity index (χ1) is 7.38. The van der Waals surface area contributed by atoms with Crippen molar-refractivity contribution in [3.05, 3.63) is 0 Å². The topological polar surface area (TPSA) is 12.0 Å². The second-order valence-electron chi connectivity index (χ2n) is 4.55. The molecule has 0 heterocycles. The van der Waals surface area contributed by atoms with Crippen molar-refractivity contribution in [2.75, 3.05) is 6.54 Å². The molecule has 1 nitrogen and oxygen atoms in total. The van der Waals surface area contributed by atoms with E-state index in [1.807, 2.05) is 6.92 Å². The highest BCUT2D eigenvalue weighted by molar-refractivity contribution is 4.99. The molecule has 0 aliphatic heterocycles. The predicted molar refractivity (Wildman–Crippen MR) is 66.7 cm³/mol. The van der Waals surface area contributed by atoms with Crippen LogP contribution in [0.3, 0.4) is 0 Å². The summed E-state index contributed by atoms with van der Waals surface area (Å²) < 4.78 is 0. The lowest BCUT2D eigenvalue weighted by molar-refractivity contribution is 0.328. The Morgan fingerprint density at radius 2 is 1.87 bits per heavy atom. The summed E-state index contributed by atoms with van der Waals surface area (Å²) in [5.41, 5.74) is 0. The molecular formula is C14H25N. The Morgan fingerprint density at radius 1 is 1.20 bits per heavy atom. The largest absolute Gasteiger partial charge is 0.313 e. The molecule has 15 heavy (non-hydrogen) atoms. The van der Waals surface area contributed by atoms with Gasteiger partial charge in [0.05, 0.1) is 0 Å². The summed E-state index contributed by atoms with van der Waals surface area (Å²) in [6.07, 6.45) is 9.57. The molecule has 0 bridgehead atoms. The molecule has 1 saturated carbocycles. The van der Waals surface area contributed by atoms with Crippen LogP contribution in [-0.4, -0.2) is 12.6 Å². The average molecular weight is 207 g/mol. The molecule has 1 N–H and O–H groups in total. The van der Waals surface area contributed by atoms with Crippen LogP contribution < -0.4 is 5.32 Å². The lowest BCUT2D eigenvalue weighted by atomic mass is 9.90. The Labute approximate surface area is 95.0 Å². The standard InChI is InChI=1S/C14H25N/c1-3-5-12-14(15-4-2)13-10-8-6-7-9-11-13/h13-15H,4,6-12H2,1-2H3. The zero-order valence-corrected chi connectivity index (χ0v) is 10.3. The maximum Gasteiger partial charge on any atom is 0.0245 e. The summed E-state index contributed by atoms with van der Waals surface area (Å²) in [6.45, 7) is 5.21. The SMILES string of the molecule is CC#CCC(NCC)C1CCCCCC1. The predicted octanol–water partition coefficient (Wildman–Crippen LogP) is 3.35. The fourth-order valence-electron chi connectivity index (χ4n) is 2.59. The van der Waals surface area contributed by atoms with Crippen molar-refractivity contribution >= 4 is 0 Å². The molecule has 0 spiro atoms. The van der Waals surface area contributed by atoms with Crippen LogP contribution in [0.2, 0.25) is 0 Å². The quantitative estimate of drug-likeness (QED) is 0.550. The van der Waals surface area contributed by atoms with E-state index in [1.54, 1.807) is 0 Å². The van der Waals surface area contributed by atoms with Crippen LogP contribution >= 0.6 is 0 Å². The summed E-state index contributed by atoms with van der Waals surface area (Å²) in [6, 6.07) is 0.639. The number of nitrogens with one attached hydrogen (secondary N) is 1. The summed E-state index contributed by atoms with van der Waals surface area (Å²) >= 11 is 0. The Kier molecular flexibility index (Phi) is 6.52. The maximum atomic E-state index is 3.61. The molecule has 0 aromatic carbocycles. The zero-order chi connectivity index (χ0) is 10.9. The molecule has 1 heteroatoms. The molecule has 1 fully saturated rings. The third-order valence-electron chi connectivity index (χ3n) is 3.43. The Bertz CT molecular complexity index is 203. The van der Waals surface area contributed by atoms with Gasteiger partial charge in [0.15, 0.2) is 0 Å². The van der Waals surface area contributed by atoms with Crippen molar-refractivity contribution in [3.63, 3.8) is 0 Å². The van der Waals surface area contributed by atoms with Crippen LogP contribution in [0.25, 0.3) is 0 Å². The van der Waals surface area contributed by atoms with E-state index in [0.29, 0.717) is 6.04 Å². The van der Waals surface area contributed by atoms with Crippen molar-refractivity contribution in [1.29, 1.82) is 0 Å². The number of hydrogen-bond acceptors (Lipinski definition) is 1. The highest BCUT2D eigenvalue weighted by Crippen LogP contribution is 2.26. The van der Waals surface area contributed by atoms with Crippen LogP contribution in [-0.2, 0) is 0 Å². The fraction of sp³-hybridized carbons (Fsp3) is 0.857. The third kappa shape index (κ3) is 4.71. The normalized spacial score (nSPS) is 20.1. The Balaban J connectivity index is 2.46. The van der Waals surface area contributed by atoms with E-state index in [-0.39, 0.29) is 0 Å². The van der Waals surface area contributed by atoms with Gasteiger partial charge >= 0.3 is 0 Å². The van der Waals surface area contributed by atoms with E-state index in [0.717, 1.165) is 18.9 Å². The van der Waals surface area contributed by atoms with E-state index < -0.39 is 0 Å². The molecule has 1 atom stereocenters. The van der Waals surface area contributed by atoms with Gasteiger partial charge in [0, 0.05) is 12.5 Å². The molecule has 0 aromatic heterocycles. The number of hydrogen-bond donors (Lipinski definition) is 1. The van der Waals surface area contributed by atoms with Gasteiger partial charge in [0.2, 0.25) is 0 Å². The summed E-state index contributed by atoms with van der Waals surface area (Å²) in [5, 5.41) is 3.61. The molecule has 1 rings (SSSR count). The van der Waals surface area contributed by atoms with Crippen molar-refractivity contribution < 1.29 is 0 Å². The van der Waals surface area contributed by atoms with E-state index in [4.69, 9.17) is 0 Å². The molecule has 0 amide bonds. The van der Waals surface area contributed by atoms with Crippen LogP contribution in [0.4, 0.5) is 0 Å². The molecular weight excluding hydrogens is 182 g/mol. The van der Waals surface area contributed by atoms with Gasteiger partial charge in [-0.25, -0.2) is 0 Å². The lowest BCUT2D eigenvalue weighted by Crippen LogP contribution is -2.35. The second kappa shape index (κ2) is 7.77. The molecule has 1 unspecified atom stereocenters. The summed E-state index contributed by atoms with van der Waals surface area (Å²) in [5.74, 6) is 7.13. The highest BCUT2D eigenvalue weighted by atomic mass is 14.9. The minimum atomic E-state index is 0.639. The molecule has 1 aliphatic rings. The van der Waals surface area contributed by atoms with Crippen LogP contribution in [0.5, 0.6) is 0 Å². The molecule has 0 radical (unpaired) electrons. The minimum absolute atomic E-state index is 0.639.